The molecular weight excluding hydrogens is 347 g/mol. The lowest BCUT2D eigenvalue weighted by molar-refractivity contribution is -0.114. The van der Waals surface area contributed by atoms with E-state index in [0.717, 1.165) is 11.3 Å². The molecule has 1 aromatic heterocycles. The minimum absolute atomic E-state index is 0.0888. The van der Waals surface area contributed by atoms with Crippen LogP contribution in [0.5, 0.6) is 0 Å². The highest BCUT2D eigenvalue weighted by Gasteiger charge is 2.40. The molecule has 1 saturated heterocycles. The van der Waals surface area contributed by atoms with Crippen LogP contribution in [-0.4, -0.2) is 16.6 Å². The van der Waals surface area contributed by atoms with Crippen molar-refractivity contribution < 1.29 is 18.7 Å². The van der Waals surface area contributed by atoms with Gasteiger partial charge in [-0.15, -0.1) is 0 Å². The maximum absolute atomic E-state index is 14.5. The molecule has 8 heteroatoms. The van der Waals surface area contributed by atoms with E-state index in [9.17, 15) is 18.8 Å². The molecule has 25 heavy (non-hydrogen) atoms. The number of hydrogen-bond acceptors (Lipinski definition) is 5. The second kappa shape index (κ2) is 6.11. The van der Waals surface area contributed by atoms with E-state index in [1.807, 2.05) is 13.8 Å². The SMILES string of the molecule is CCC(C)n1c(=O)sc2cc(F)c(N3C(=O)OC(=C(C)C)C3=O)cc21. The van der Waals surface area contributed by atoms with Crippen molar-refractivity contribution in [2.45, 2.75) is 40.2 Å². The number of imide groups is 1. The summed E-state index contributed by atoms with van der Waals surface area (Å²) >= 11 is 0.933. The molecule has 6 nitrogen and oxygen atoms in total. The second-order valence-corrected chi connectivity index (χ2v) is 7.10. The van der Waals surface area contributed by atoms with Crippen molar-refractivity contribution in [2.24, 2.45) is 0 Å². The third kappa shape index (κ3) is 2.66. The molecule has 1 unspecified atom stereocenters. The number of carbonyl (C=O) groups excluding carboxylic acids is 2. The molecule has 132 valence electrons. The van der Waals surface area contributed by atoms with E-state index in [1.54, 1.807) is 18.4 Å². The summed E-state index contributed by atoms with van der Waals surface area (Å²) in [5.74, 6) is -1.57. The summed E-state index contributed by atoms with van der Waals surface area (Å²) in [5, 5.41) is 0. The number of carbonyl (C=O) groups is 2. The van der Waals surface area contributed by atoms with Crippen molar-refractivity contribution in [3.63, 3.8) is 0 Å². The summed E-state index contributed by atoms with van der Waals surface area (Å²) in [7, 11) is 0. The molecule has 2 amide bonds. The highest BCUT2D eigenvalue weighted by molar-refractivity contribution is 7.16. The maximum atomic E-state index is 14.5. The molecule has 0 N–H and O–H groups in total. The first-order valence-corrected chi connectivity index (χ1v) is 8.66. The predicted molar refractivity (Wildman–Crippen MR) is 93.4 cm³/mol. The van der Waals surface area contributed by atoms with Crippen LogP contribution >= 0.6 is 11.3 Å². The van der Waals surface area contributed by atoms with Crippen LogP contribution in [0.4, 0.5) is 14.9 Å². The number of allylic oxidation sites excluding steroid dienone is 1. The van der Waals surface area contributed by atoms with Crippen molar-refractivity contribution >= 4 is 39.2 Å². The molecule has 0 radical (unpaired) electrons. The molecule has 1 aromatic carbocycles. The highest BCUT2D eigenvalue weighted by Crippen LogP contribution is 2.33. The number of rotatable bonds is 3. The van der Waals surface area contributed by atoms with Crippen molar-refractivity contribution in [2.75, 3.05) is 4.90 Å². The molecule has 0 saturated carbocycles. The number of anilines is 1. The Morgan fingerprint density at radius 2 is 1.96 bits per heavy atom. The third-order valence-electron chi connectivity index (χ3n) is 4.18. The molecule has 2 heterocycles. The van der Waals surface area contributed by atoms with E-state index in [-0.39, 0.29) is 22.4 Å². The minimum atomic E-state index is -0.952. The van der Waals surface area contributed by atoms with Crippen molar-refractivity contribution in [3.05, 3.63) is 38.9 Å². The Balaban J connectivity index is 2.22. The van der Waals surface area contributed by atoms with Gasteiger partial charge in [-0.25, -0.2) is 14.1 Å². The van der Waals surface area contributed by atoms with Gasteiger partial charge in [-0.05, 0) is 44.9 Å². The summed E-state index contributed by atoms with van der Waals surface area (Å²) in [5.41, 5.74) is 0.801. The second-order valence-electron chi connectivity index (χ2n) is 6.10. The van der Waals surface area contributed by atoms with Gasteiger partial charge in [-0.1, -0.05) is 18.3 Å². The van der Waals surface area contributed by atoms with E-state index in [1.165, 1.54) is 12.1 Å². The molecule has 1 aliphatic rings. The first-order chi connectivity index (χ1) is 11.8. The fraction of sp³-hybridized carbons (Fsp3) is 0.353. The van der Waals surface area contributed by atoms with Crippen LogP contribution in [0.3, 0.4) is 0 Å². The van der Waals surface area contributed by atoms with E-state index < -0.39 is 17.8 Å². The van der Waals surface area contributed by atoms with E-state index in [0.29, 0.717) is 27.1 Å². The largest absolute Gasteiger partial charge is 0.427 e. The zero-order valence-electron chi connectivity index (χ0n) is 14.3. The Bertz CT molecular complexity index is 984. The fourth-order valence-electron chi connectivity index (χ4n) is 2.70. The Morgan fingerprint density at radius 3 is 2.52 bits per heavy atom. The van der Waals surface area contributed by atoms with Crippen LogP contribution < -0.4 is 9.77 Å². The van der Waals surface area contributed by atoms with Gasteiger partial charge in [0.05, 0.1) is 15.9 Å². The lowest BCUT2D eigenvalue weighted by atomic mass is 10.2. The van der Waals surface area contributed by atoms with E-state index >= 15 is 0 Å². The summed E-state index contributed by atoms with van der Waals surface area (Å²) in [6, 6.07) is 2.45. The van der Waals surface area contributed by atoms with E-state index in [4.69, 9.17) is 4.74 Å². The number of ether oxygens (including phenoxy) is 1. The van der Waals surface area contributed by atoms with Crippen molar-refractivity contribution in [1.82, 2.24) is 4.57 Å². The van der Waals surface area contributed by atoms with Gasteiger partial charge in [0.15, 0.2) is 5.76 Å². The molecule has 0 aliphatic carbocycles. The number of cyclic esters (lactones) is 1. The first-order valence-electron chi connectivity index (χ1n) is 7.84. The summed E-state index contributed by atoms with van der Waals surface area (Å²) in [4.78, 5) is 37.2. The zero-order valence-corrected chi connectivity index (χ0v) is 15.1. The average molecular weight is 364 g/mol. The predicted octanol–water partition coefficient (Wildman–Crippen LogP) is 3.95. The van der Waals surface area contributed by atoms with Crippen LogP contribution in [0.15, 0.2) is 28.3 Å². The molecule has 0 bridgehead atoms. The molecule has 3 rings (SSSR count). The summed E-state index contributed by atoms with van der Waals surface area (Å²) in [6.07, 6.45) is -0.238. The molecule has 2 aromatic rings. The number of halogens is 1. The van der Waals surface area contributed by atoms with Gasteiger partial charge in [0.1, 0.15) is 5.82 Å². The number of amides is 2. The Labute approximate surface area is 147 Å². The van der Waals surface area contributed by atoms with Gasteiger partial charge in [0, 0.05) is 6.04 Å². The zero-order chi connectivity index (χ0) is 18.5. The van der Waals surface area contributed by atoms with Gasteiger partial charge in [0.25, 0.3) is 0 Å². The summed E-state index contributed by atoms with van der Waals surface area (Å²) < 4.78 is 21.5. The van der Waals surface area contributed by atoms with Crippen LogP contribution in [0.2, 0.25) is 0 Å². The number of aromatic nitrogens is 1. The number of fused-ring (bicyclic) bond motifs is 1. The Hall–Kier alpha value is -2.48. The van der Waals surface area contributed by atoms with Gasteiger partial charge in [-0.3, -0.25) is 14.2 Å². The van der Waals surface area contributed by atoms with Crippen LogP contribution in [0.1, 0.15) is 40.2 Å². The van der Waals surface area contributed by atoms with Crippen LogP contribution in [-0.2, 0) is 9.53 Å². The average Bonchev–Trinajstić information content (AvgIpc) is 3.01. The quantitative estimate of drug-likeness (QED) is 0.774. The van der Waals surface area contributed by atoms with Crippen LogP contribution in [0.25, 0.3) is 10.2 Å². The molecule has 1 aliphatic heterocycles. The monoisotopic (exact) mass is 364 g/mol. The first kappa shape index (κ1) is 17.3. The van der Waals surface area contributed by atoms with E-state index in [2.05, 4.69) is 0 Å². The Morgan fingerprint density at radius 1 is 1.28 bits per heavy atom. The van der Waals surface area contributed by atoms with Gasteiger partial charge < -0.3 is 4.74 Å². The maximum Gasteiger partial charge on any atom is 0.427 e. The highest BCUT2D eigenvalue weighted by atomic mass is 32.1. The summed E-state index contributed by atoms with van der Waals surface area (Å²) in [6.45, 7) is 7.08. The number of thiazole rings is 1. The smallest absolute Gasteiger partial charge is 0.404 e. The number of benzene rings is 1. The Kier molecular flexibility index (Phi) is 4.24. The standard InChI is InChI=1S/C17H17FN2O4S/c1-5-9(4)19-12-7-11(10(18)6-13(12)25-17(19)23)20-15(21)14(8(2)3)24-16(20)22/h6-7,9H,5H2,1-4H3. The lowest BCUT2D eigenvalue weighted by Gasteiger charge is -2.14. The van der Waals surface area contributed by atoms with Crippen molar-refractivity contribution in [3.8, 4) is 0 Å². The molecular formula is C17H17FN2O4S. The minimum Gasteiger partial charge on any atom is -0.404 e. The molecule has 1 atom stereocenters. The molecule has 0 spiro atoms. The fourth-order valence-corrected chi connectivity index (χ4v) is 3.69. The lowest BCUT2D eigenvalue weighted by Crippen LogP contribution is -2.29. The number of hydrogen-bond donors (Lipinski definition) is 0. The van der Waals surface area contributed by atoms with Gasteiger partial charge >= 0.3 is 16.9 Å². The third-order valence-corrected chi connectivity index (χ3v) is 5.10. The van der Waals surface area contributed by atoms with Gasteiger partial charge in [-0.2, -0.15) is 0 Å². The molecule has 1 fully saturated rings. The topological polar surface area (TPSA) is 68.6 Å². The normalized spacial score (nSPS) is 15.9. The van der Waals surface area contributed by atoms with Crippen LogP contribution in [0, 0.1) is 5.82 Å². The van der Waals surface area contributed by atoms with Crippen molar-refractivity contribution in [1.29, 1.82) is 0 Å². The number of nitrogens with zero attached hydrogens (tertiary/aromatic N) is 2. The van der Waals surface area contributed by atoms with Gasteiger partial charge in [0.2, 0.25) is 0 Å².